The van der Waals surface area contributed by atoms with E-state index in [4.69, 9.17) is 21.1 Å². The molecule has 32 heavy (non-hydrogen) atoms. The predicted molar refractivity (Wildman–Crippen MR) is 122 cm³/mol. The Morgan fingerprint density at radius 1 is 1.03 bits per heavy atom. The van der Waals surface area contributed by atoms with Crippen molar-refractivity contribution in [3.05, 3.63) is 102 Å². The van der Waals surface area contributed by atoms with Crippen LogP contribution in [-0.4, -0.2) is 26.3 Å². The van der Waals surface area contributed by atoms with Gasteiger partial charge in [0, 0.05) is 18.5 Å². The molecule has 2 aromatic heterocycles. The van der Waals surface area contributed by atoms with Crippen LogP contribution in [0.5, 0.6) is 0 Å². The van der Waals surface area contributed by atoms with Crippen molar-refractivity contribution in [1.29, 1.82) is 0 Å². The van der Waals surface area contributed by atoms with E-state index in [1.54, 1.807) is 12.5 Å². The third kappa shape index (κ3) is 4.21. The third-order valence-electron chi connectivity index (χ3n) is 4.83. The second-order valence-electron chi connectivity index (χ2n) is 6.92. The number of para-hydroxylation sites is 1. The summed E-state index contributed by atoms with van der Waals surface area (Å²) in [5.74, 6) is 2.46. The van der Waals surface area contributed by atoms with E-state index in [0.717, 1.165) is 11.3 Å². The Balaban J connectivity index is 1.47. The fourth-order valence-electron chi connectivity index (χ4n) is 3.29. The average Bonchev–Trinajstić information content (AvgIpc) is 3.52. The molecule has 1 aliphatic rings. The Morgan fingerprint density at radius 2 is 1.88 bits per heavy atom. The van der Waals surface area contributed by atoms with Crippen LogP contribution in [0.1, 0.15) is 5.56 Å². The molecule has 4 aromatic rings. The van der Waals surface area contributed by atoms with Gasteiger partial charge in [0.25, 0.3) is 0 Å². The highest BCUT2D eigenvalue weighted by molar-refractivity contribution is 6.33. The van der Waals surface area contributed by atoms with Crippen LogP contribution in [0, 0.1) is 0 Å². The lowest BCUT2D eigenvalue weighted by atomic mass is 10.2. The Labute approximate surface area is 189 Å². The minimum atomic E-state index is 0.173. The SMILES string of the molecule is Clc1ccccc1Nc1nccn1-c1cc(N(Cc2ccccc2)C2=COCO2)ncn1. The number of aromatic nitrogens is 4. The summed E-state index contributed by atoms with van der Waals surface area (Å²) in [6.07, 6.45) is 6.62. The number of halogens is 1. The quantitative estimate of drug-likeness (QED) is 0.434. The van der Waals surface area contributed by atoms with Crippen LogP contribution in [0.2, 0.25) is 5.02 Å². The molecule has 0 atom stereocenters. The maximum atomic E-state index is 6.29. The predicted octanol–water partition coefficient (Wildman–Crippen LogP) is 4.87. The molecule has 2 aromatic carbocycles. The Morgan fingerprint density at radius 3 is 2.69 bits per heavy atom. The van der Waals surface area contributed by atoms with Crippen LogP contribution < -0.4 is 10.2 Å². The number of benzene rings is 2. The van der Waals surface area contributed by atoms with Crippen molar-refractivity contribution in [2.75, 3.05) is 17.0 Å². The van der Waals surface area contributed by atoms with Crippen LogP contribution in [0.3, 0.4) is 0 Å². The molecule has 0 aliphatic carbocycles. The monoisotopic (exact) mass is 446 g/mol. The van der Waals surface area contributed by atoms with Gasteiger partial charge in [-0.1, -0.05) is 54.1 Å². The van der Waals surface area contributed by atoms with E-state index in [2.05, 4.69) is 20.3 Å². The fourth-order valence-corrected chi connectivity index (χ4v) is 3.48. The van der Waals surface area contributed by atoms with Crippen molar-refractivity contribution in [3.63, 3.8) is 0 Å². The molecule has 1 aliphatic heterocycles. The molecule has 0 radical (unpaired) electrons. The number of rotatable bonds is 7. The standard InChI is InChI=1S/C23H19ClN6O2/c24-18-8-4-5-9-19(18)28-23-25-10-11-29(23)20-12-21(27-15-26-20)30(22-14-31-16-32-22)13-17-6-2-1-3-7-17/h1-12,14-15H,13,16H2,(H,25,28). The summed E-state index contributed by atoms with van der Waals surface area (Å²) in [4.78, 5) is 15.3. The largest absolute Gasteiger partial charge is 0.459 e. The van der Waals surface area contributed by atoms with Gasteiger partial charge in [-0.15, -0.1) is 0 Å². The zero-order valence-electron chi connectivity index (χ0n) is 16.9. The van der Waals surface area contributed by atoms with Gasteiger partial charge >= 0.3 is 0 Å². The first kappa shape index (κ1) is 19.9. The normalized spacial score (nSPS) is 12.6. The smallest absolute Gasteiger partial charge is 0.234 e. The molecular weight excluding hydrogens is 428 g/mol. The van der Waals surface area contributed by atoms with Crippen LogP contribution in [0.15, 0.2) is 91.5 Å². The first-order chi connectivity index (χ1) is 15.8. The Bertz CT molecular complexity index is 1240. The van der Waals surface area contributed by atoms with Gasteiger partial charge in [0.15, 0.2) is 0 Å². The van der Waals surface area contributed by atoms with Gasteiger partial charge in [-0.25, -0.2) is 15.0 Å². The summed E-state index contributed by atoms with van der Waals surface area (Å²) in [6.45, 7) is 0.729. The Kier molecular flexibility index (Phi) is 5.59. The van der Waals surface area contributed by atoms with Gasteiger partial charge in [-0.3, -0.25) is 9.47 Å². The molecule has 0 unspecified atom stereocenters. The molecule has 8 nitrogen and oxygen atoms in total. The highest BCUT2D eigenvalue weighted by Gasteiger charge is 2.21. The van der Waals surface area contributed by atoms with Crippen molar-refractivity contribution in [1.82, 2.24) is 19.5 Å². The molecule has 0 fully saturated rings. The van der Waals surface area contributed by atoms with Crippen LogP contribution in [0.25, 0.3) is 5.82 Å². The van der Waals surface area contributed by atoms with Crippen LogP contribution in [-0.2, 0) is 16.0 Å². The number of imidazole rings is 1. The molecule has 0 spiro atoms. The highest BCUT2D eigenvalue weighted by atomic mass is 35.5. The number of hydrogen-bond acceptors (Lipinski definition) is 7. The first-order valence-electron chi connectivity index (χ1n) is 9.91. The van der Waals surface area contributed by atoms with Gasteiger partial charge in [-0.2, -0.15) is 0 Å². The molecular formula is C23H19ClN6O2. The third-order valence-corrected chi connectivity index (χ3v) is 5.16. The van der Waals surface area contributed by atoms with Crippen molar-refractivity contribution in [2.24, 2.45) is 0 Å². The molecule has 0 saturated carbocycles. The summed E-state index contributed by atoms with van der Waals surface area (Å²) in [7, 11) is 0. The lowest BCUT2D eigenvalue weighted by molar-refractivity contribution is 0.0781. The number of nitrogens with zero attached hydrogens (tertiary/aromatic N) is 5. The number of hydrogen-bond donors (Lipinski definition) is 1. The topological polar surface area (TPSA) is 77.3 Å². The molecule has 0 saturated heterocycles. The van der Waals surface area contributed by atoms with Crippen molar-refractivity contribution >= 4 is 29.1 Å². The van der Waals surface area contributed by atoms with Gasteiger partial charge in [-0.05, 0) is 17.7 Å². The number of nitrogens with one attached hydrogen (secondary N) is 1. The van der Waals surface area contributed by atoms with Crippen molar-refractivity contribution in [3.8, 4) is 5.82 Å². The summed E-state index contributed by atoms with van der Waals surface area (Å²) < 4.78 is 12.8. The van der Waals surface area contributed by atoms with E-state index in [0.29, 0.717) is 35.0 Å². The molecule has 0 amide bonds. The second-order valence-corrected chi connectivity index (χ2v) is 7.32. The van der Waals surface area contributed by atoms with Gasteiger partial charge in [0.1, 0.15) is 24.2 Å². The lowest BCUT2D eigenvalue weighted by Gasteiger charge is -2.23. The van der Waals surface area contributed by atoms with E-state index < -0.39 is 0 Å². The van der Waals surface area contributed by atoms with E-state index in [1.807, 2.05) is 76.3 Å². The van der Waals surface area contributed by atoms with Crippen LogP contribution in [0.4, 0.5) is 17.5 Å². The molecule has 9 heteroatoms. The van der Waals surface area contributed by atoms with Gasteiger partial charge in [0.2, 0.25) is 18.6 Å². The highest BCUT2D eigenvalue weighted by Crippen LogP contribution is 2.27. The first-order valence-corrected chi connectivity index (χ1v) is 10.3. The molecule has 1 N–H and O–H groups in total. The van der Waals surface area contributed by atoms with Crippen molar-refractivity contribution < 1.29 is 9.47 Å². The molecule has 3 heterocycles. The summed E-state index contributed by atoms with van der Waals surface area (Å²) >= 11 is 6.29. The van der Waals surface area contributed by atoms with E-state index in [9.17, 15) is 0 Å². The van der Waals surface area contributed by atoms with Gasteiger partial charge in [0.05, 0.1) is 17.3 Å². The van der Waals surface area contributed by atoms with Gasteiger partial charge < -0.3 is 14.8 Å². The Hall–Kier alpha value is -4.04. The molecule has 160 valence electrons. The minimum Gasteiger partial charge on any atom is -0.459 e. The molecule has 5 rings (SSSR count). The minimum absolute atomic E-state index is 0.173. The number of ether oxygens (including phenoxy) is 2. The summed E-state index contributed by atoms with van der Waals surface area (Å²) in [6, 6.07) is 19.4. The number of anilines is 3. The summed E-state index contributed by atoms with van der Waals surface area (Å²) in [5.41, 5.74) is 1.86. The van der Waals surface area contributed by atoms with Crippen LogP contribution >= 0.6 is 11.6 Å². The second kappa shape index (κ2) is 8.99. The molecule has 0 bridgehead atoms. The van der Waals surface area contributed by atoms with E-state index >= 15 is 0 Å². The maximum absolute atomic E-state index is 6.29. The fraction of sp³-hybridized carbons (Fsp3) is 0.0870. The summed E-state index contributed by atoms with van der Waals surface area (Å²) in [5, 5.41) is 3.85. The maximum Gasteiger partial charge on any atom is 0.234 e. The zero-order chi connectivity index (χ0) is 21.8. The van der Waals surface area contributed by atoms with Crippen molar-refractivity contribution in [2.45, 2.75) is 6.54 Å². The average molecular weight is 447 g/mol. The lowest BCUT2D eigenvalue weighted by Crippen LogP contribution is -2.23. The zero-order valence-corrected chi connectivity index (χ0v) is 17.7. The van der Waals surface area contributed by atoms with E-state index in [1.165, 1.54) is 6.33 Å². The van der Waals surface area contributed by atoms with E-state index in [-0.39, 0.29) is 6.79 Å².